The first-order valence-electron chi connectivity index (χ1n) is 6.42. The Morgan fingerprint density at radius 2 is 2.32 bits per heavy atom. The Labute approximate surface area is 134 Å². The fraction of sp³-hybridized carbons (Fsp3) is 0.214. The van der Waals surface area contributed by atoms with Gasteiger partial charge >= 0.3 is 0 Å². The molecule has 3 aromatic rings. The number of aromatic nitrogens is 2. The second kappa shape index (κ2) is 6.05. The van der Waals surface area contributed by atoms with Crippen molar-refractivity contribution < 1.29 is 13.6 Å². The van der Waals surface area contributed by atoms with E-state index in [1.807, 2.05) is 6.26 Å². The Bertz CT molecular complexity index is 844. The zero-order valence-corrected chi connectivity index (χ0v) is 13.5. The van der Waals surface area contributed by atoms with Gasteiger partial charge in [0.2, 0.25) is 16.1 Å². The number of aryl methyl sites for hydroxylation is 1. The predicted octanol–water partition coefficient (Wildman–Crippen LogP) is 3.75. The van der Waals surface area contributed by atoms with Gasteiger partial charge in [-0.15, -0.1) is 0 Å². The first-order chi connectivity index (χ1) is 10.6. The van der Waals surface area contributed by atoms with Crippen molar-refractivity contribution in [2.75, 3.05) is 18.1 Å². The number of ketones is 1. The number of furan rings is 1. The number of benzene rings is 1. The third-order valence-corrected chi connectivity index (χ3v) is 4.48. The van der Waals surface area contributed by atoms with Crippen LogP contribution in [0.5, 0.6) is 0 Å². The summed E-state index contributed by atoms with van der Waals surface area (Å²) in [5, 5.41) is 4.79. The molecule has 0 fully saturated rings. The zero-order valence-electron chi connectivity index (χ0n) is 11.8. The maximum atomic E-state index is 13.3. The summed E-state index contributed by atoms with van der Waals surface area (Å²) in [7, 11) is 0. The number of carbonyl (C=O) groups is 1. The molecule has 2 aromatic heterocycles. The van der Waals surface area contributed by atoms with E-state index in [1.165, 1.54) is 41.5 Å². The van der Waals surface area contributed by atoms with E-state index in [2.05, 4.69) is 14.7 Å². The van der Waals surface area contributed by atoms with Crippen LogP contribution in [0.25, 0.3) is 11.0 Å². The number of anilines is 1. The van der Waals surface area contributed by atoms with Crippen molar-refractivity contribution in [3.05, 3.63) is 35.3 Å². The van der Waals surface area contributed by atoms with Crippen molar-refractivity contribution in [1.29, 1.82) is 0 Å². The van der Waals surface area contributed by atoms with E-state index in [1.54, 1.807) is 6.92 Å². The number of rotatable bonds is 5. The Kier molecular flexibility index (Phi) is 4.12. The lowest BCUT2D eigenvalue weighted by atomic mass is 10.1. The van der Waals surface area contributed by atoms with Gasteiger partial charge in [-0.2, -0.15) is 9.36 Å². The highest BCUT2D eigenvalue weighted by atomic mass is 32.2. The number of thioether (sulfide) groups is 1. The number of nitrogens with zero attached hydrogens (tertiary/aromatic N) is 2. The molecule has 8 heteroatoms. The van der Waals surface area contributed by atoms with Crippen LogP contribution in [-0.4, -0.2) is 27.9 Å². The SMILES string of the molecule is CSc1nsc(NCC(=O)c2oc3ccc(F)cc3c2C)n1. The molecule has 1 N–H and O–H groups in total. The van der Waals surface area contributed by atoms with Crippen molar-refractivity contribution in [2.45, 2.75) is 12.1 Å². The lowest BCUT2D eigenvalue weighted by Crippen LogP contribution is -2.14. The molecule has 0 spiro atoms. The summed E-state index contributed by atoms with van der Waals surface area (Å²) >= 11 is 2.63. The van der Waals surface area contributed by atoms with Crippen LogP contribution in [0.4, 0.5) is 9.52 Å². The van der Waals surface area contributed by atoms with Crippen molar-refractivity contribution in [3.8, 4) is 0 Å². The van der Waals surface area contributed by atoms with E-state index in [9.17, 15) is 9.18 Å². The van der Waals surface area contributed by atoms with Crippen LogP contribution in [0.2, 0.25) is 0 Å². The maximum Gasteiger partial charge on any atom is 0.217 e. The van der Waals surface area contributed by atoms with E-state index < -0.39 is 0 Å². The zero-order chi connectivity index (χ0) is 15.7. The van der Waals surface area contributed by atoms with Gasteiger partial charge in [-0.1, -0.05) is 11.8 Å². The first kappa shape index (κ1) is 15.0. The maximum absolute atomic E-state index is 13.3. The number of carbonyl (C=O) groups excluding carboxylic acids is 1. The average molecular weight is 337 g/mol. The van der Waals surface area contributed by atoms with Gasteiger partial charge in [-0.25, -0.2) is 4.39 Å². The molecule has 0 amide bonds. The topological polar surface area (TPSA) is 68.0 Å². The Balaban J connectivity index is 1.78. The predicted molar refractivity (Wildman–Crippen MR) is 85.4 cm³/mol. The molecular weight excluding hydrogens is 325 g/mol. The highest BCUT2D eigenvalue weighted by molar-refractivity contribution is 7.98. The highest BCUT2D eigenvalue weighted by Crippen LogP contribution is 2.26. The molecule has 0 aliphatic carbocycles. The van der Waals surface area contributed by atoms with Gasteiger partial charge in [-0.05, 0) is 31.4 Å². The number of fused-ring (bicyclic) bond motifs is 1. The van der Waals surface area contributed by atoms with E-state index in [0.717, 1.165) is 0 Å². The molecule has 0 atom stereocenters. The Morgan fingerprint density at radius 3 is 3.05 bits per heavy atom. The monoisotopic (exact) mass is 337 g/mol. The van der Waals surface area contributed by atoms with Crippen molar-refractivity contribution in [1.82, 2.24) is 9.36 Å². The smallest absolute Gasteiger partial charge is 0.217 e. The van der Waals surface area contributed by atoms with Crippen LogP contribution in [0.3, 0.4) is 0 Å². The van der Waals surface area contributed by atoms with Gasteiger partial charge < -0.3 is 9.73 Å². The Morgan fingerprint density at radius 1 is 1.50 bits per heavy atom. The second-order valence-corrected chi connectivity index (χ2v) is 6.08. The average Bonchev–Trinajstić information content (AvgIpc) is 3.10. The number of hydrogen-bond acceptors (Lipinski definition) is 7. The van der Waals surface area contributed by atoms with Gasteiger partial charge in [0, 0.05) is 22.5 Å². The molecule has 3 rings (SSSR count). The van der Waals surface area contributed by atoms with E-state index in [4.69, 9.17) is 4.42 Å². The molecule has 5 nitrogen and oxygen atoms in total. The molecule has 0 saturated heterocycles. The molecule has 0 saturated carbocycles. The standard InChI is InChI=1S/C14H12FN3O2S2/c1-7-9-5-8(15)3-4-11(9)20-12(7)10(19)6-16-13-17-14(21-2)18-22-13/h3-5H,6H2,1-2H3,(H,16,17,18). The molecule has 22 heavy (non-hydrogen) atoms. The lowest BCUT2D eigenvalue weighted by Gasteiger charge is -2.00. The molecule has 0 bridgehead atoms. The molecule has 0 aliphatic rings. The summed E-state index contributed by atoms with van der Waals surface area (Å²) in [4.78, 5) is 16.5. The van der Waals surface area contributed by atoms with Crippen LogP contribution in [0, 0.1) is 12.7 Å². The minimum atomic E-state index is -0.355. The normalized spacial score (nSPS) is 11.0. The Hall–Kier alpha value is -1.93. The molecule has 0 aliphatic heterocycles. The summed E-state index contributed by atoms with van der Waals surface area (Å²) in [5.74, 6) is -0.329. The van der Waals surface area contributed by atoms with Crippen LogP contribution in [-0.2, 0) is 0 Å². The second-order valence-electron chi connectivity index (χ2n) is 4.56. The van der Waals surface area contributed by atoms with Crippen LogP contribution in [0.1, 0.15) is 16.1 Å². The third-order valence-electron chi connectivity index (χ3n) is 3.14. The number of halogens is 1. The molecule has 0 radical (unpaired) electrons. The number of hydrogen-bond donors (Lipinski definition) is 1. The summed E-state index contributed by atoms with van der Waals surface area (Å²) in [5.41, 5.74) is 1.14. The van der Waals surface area contributed by atoms with Gasteiger partial charge in [0.05, 0.1) is 6.54 Å². The van der Waals surface area contributed by atoms with Crippen LogP contribution in [0.15, 0.2) is 27.8 Å². The van der Waals surface area contributed by atoms with E-state index >= 15 is 0 Å². The van der Waals surface area contributed by atoms with Gasteiger partial charge in [0.1, 0.15) is 11.4 Å². The lowest BCUT2D eigenvalue weighted by molar-refractivity contribution is 0.0981. The van der Waals surface area contributed by atoms with E-state index in [0.29, 0.717) is 26.8 Å². The number of nitrogens with one attached hydrogen (secondary N) is 1. The molecule has 114 valence electrons. The van der Waals surface area contributed by atoms with Gasteiger partial charge in [0.15, 0.2) is 5.76 Å². The van der Waals surface area contributed by atoms with Crippen molar-refractivity contribution in [2.24, 2.45) is 0 Å². The van der Waals surface area contributed by atoms with Crippen LogP contribution >= 0.6 is 23.3 Å². The summed E-state index contributed by atoms with van der Waals surface area (Å²) in [6.45, 7) is 1.79. The molecule has 0 unspecified atom stereocenters. The van der Waals surface area contributed by atoms with Gasteiger partial charge in [0.25, 0.3) is 0 Å². The number of Topliss-reactive ketones (excluding diaryl/α,β-unsaturated/α-hetero) is 1. The van der Waals surface area contributed by atoms with Crippen molar-refractivity contribution >= 4 is 45.2 Å². The first-order valence-corrected chi connectivity index (χ1v) is 8.41. The van der Waals surface area contributed by atoms with Gasteiger partial charge in [-0.3, -0.25) is 4.79 Å². The fourth-order valence-corrected chi connectivity index (χ4v) is 3.18. The largest absolute Gasteiger partial charge is 0.453 e. The minimum absolute atomic E-state index is 0.0478. The summed E-state index contributed by atoms with van der Waals surface area (Å²) in [6, 6.07) is 4.20. The minimum Gasteiger partial charge on any atom is -0.453 e. The molecule has 2 heterocycles. The molecular formula is C14H12FN3O2S2. The van der Waals surface area contributed by atoms with Crippen molar-refractivity contribution in [3.63, 3.8) is 0 Å². The van der Waals surface area contributed by atoms with Crippen LogP contribution < -0.4 is 5.32 Å². The summed E-state index contributed by atoms with van der Waals surface area (Å²) in [6.07, 6.45) is 1.88. The molecule has 1 aromatic carbocycles. The van der Waals surface area contributed by atoms with E-state index in [-0.39, 0.29) is 23.9 Å². The quantitative estimate of drug-likeness (QED) is 0.565. The summed E-state index contributed by atoms with van der Waals surface area (Å²) < 4.78 is 22.9. The third kappa shape index (κ3) is 2.84. The highest BCUT2D eigenvalue weighted by Gasteiger charge is 2.18. The fourth-order valence-electron chi connectivity index (χ4n) is 2.06.